The third-order valence-corrected chi connectivity index (χ3v) is 6.35. The van der Waals surface area contributed by atoms with Crippen LogP contribution in [0.4, 0.5) is 0 Å². The van der Waals surface area contributed by atoms with Gasteiger partial charge in [0.1, 0.15) is 0 Å². The first-order chi connectivity index (χ1) is 13.2. The molecule has 0 radical (unpaired) electrons. The van der Waals surface area contributed by atoms with Crippen molar-refractivity contribution in [3.8, 4) is 0 Å². The third-order valence-electron chi connectivity index (χ3n) is 5.83. The molecule has 144 valence electrons. The standard InChI is InChI=1S/C20H27N5OS/c1-23-8-5-9-24(11-10-23)14-20(26)25-12-17(16-6-3-2-4-7-16)18(13-25)19-15-27-22-21-19/h2-4,6-7,15,17-18H,5,8-14H2,1H3/t17-,18+/m0/s1. The molecular weight excluding hydrogens is 358 g/mol. The Bertz CT molecular complexity index is 738. The molecular formula is C20H27N5OS. The molecule has 0 spiro atoms. The van der Waals surface area contributed by atoms with Gasteiger partial charge >= 0.3 is 0 Å². The molecule has 0 aliphatic carbocycles. The summed E-state index contributed by atoms with van der Waals surface area (Å²) >= 11 is 1.39. The molecule has 0 bridgehead atoms. The van der Waals surface area contributed by atoms with E-state index in [0.29, 0.717) is 6.54 Å². The molecule has 6 nitrogen and oxygen atoms in total. The predicted octanol–water partition coefficient (Wildman–Crippen LogP) is 1.89. The van der Waals surface area contributed by atoms with Crippen molar-refractivity contribution in [1.29, 1.82) is 0 Å². The van der Waals surface area contributed by atoms with Crippen molar-refractivity contribution in [2.75, 3.05) is 52.9 Å². The van der Waals surface area contributed by atoms with Crippen molar-refractivity contribution in [2.24, 2.45) is 0 Å². The Morgan fingerprint density at radius 3 is 2.70 bits per heavy atom. The van der Waals surface area contributed by atoms with E-state index in [9.17, 15) is 4.79 Å². The molecule has 4 rings (SSSR count). The van der Waals surface area contributed by atoms with Crippen LogP contribution in [-0.4, -0.2) is 83.1 Å². The minimum absolute atomic E-state index is 0.227. The first-order valence-electron chi connectivity index (χ1n) is 9.71. The van der Waals surface area contributed by atoms with Crippen LogP contribution in [0.5, 0.6) is 0 Å². The van der Waals surface area contributed by atoms with Gasteiger partial charge in [-0.15, -0.1) is 5.10 Å². The summed E-state index contributed by atoms with van der Waals surface area (Å²) in [6.45, 7) is 6.15. The lowest BCUT2D eigenvalue weighted by Gasteiger charge is -2.23. The lowest BCUT2D eigenvalue weighted by molar-refractivity contribution is -0.131. The second kappa shape index (κ2) is 8.46. The number of carbonyl (C=O) groups excluding carboxylic acids is 1. The van der Waals surface area contributed by atoms with Gasteiger partial charge in [0.2, 0.25) is 5.91 Å². The summed E-state index contributed by atoms with van der Waals surface area (Å²) in [5, 5.41) is 6.35. The molecule has 7 heteroatoms. The maximum Gasteiger partial charge on any atom is 0.236 e. The number of carbonyl (C=O) groups is 1. The highest BCUT2D eigenvalue weighted by Crippen LogP contribution is 2.39. The van der Waals surface area contributed by atoms with Crippen molar-refractivity contribution < 1.29 is 4.79 Å². The fraction of sp³-hybridized carbons (Fsp3) is 0.550. The second-order valence-corrected chi connectivity index (χ2v) is 8.29. The normalized spacial score (nSPS) is 24.9. The molecule has 2 saturated heterocycles. The minimum atomic E-state index is 0.227. The molecule has 1 aromatic carbocycles. The quantitative estimate of drug-likeness (QED) is 0.804. The smallest absolute Gasteiger partial charge is 0.236 e. The van der Waals surface area contributed by atoms with E-state index < -0.39 is 0 Å². The summed E-state index contributed by atoms with van der Waals surface area (Å²) in [4.78, 5) is 19.7. The first-order valence-corrected chi connectivity index (χ1v) is 10.5. The summed E-state index contributed by atoms with van der Waals surface area (Å²) in [5.41, 5.74) is 2.29. The van der Waals surface area contributed by atoms with Gasteiger partial charge < -0.3 is 9.80 Å². The highest BCUT2D eigenvalue weighted by atomic mass is 32.1. The SMILES string of the molecule is CN1CCCN(CC(=O)N2C[C@@H](c3ccccc3)[C@H](c3csnn3)C2)CC1. The monoisotopic (exact) mass is 385 g/mol. The topological polar surface area (TPSA) is 52.6 Å². The summed E-state index contributed by atoms with van der Waals surface area (Å²) in [5.74, 6) is 0.755. The molecule has 0 saturated carbocycles. The molecule has 2 atom stereocenters. The summed E-state index contributed by atoms with van der Waals surface area (Å²) in [6.07, 6.45) is 1.13. The van der Waals surface area contributed by atoms with E-state index in [4.69, 9.17) is 0 Å². The average molecular weight is 386 g/mol. The fourth-order valence-corrected chi connectivity index (χ4v) is 4.75. The molecule has 0 unspecified atom stereocenters. The number of likely N-dealkylation sites (N-methyl/N-ethyl adjacent to an activating group) is 1. The van der Waals surface area contributed by atoms with Crippen LogP contribution in [0.2, 0.25) is 0 Å². The Hall–Kier alpha value is -1.83. The van der Waals surface area contributed by atoms with Crippen LogP contribution in [0.3, 0.4) is 0 Å². The largest absolute Gasteiger partial charge is 0.340 e. The molecule has 1 amide bonds. The fourth-order valence-electron chi connectivity index (χ4n) is 4.23. The van der Waals surface area contributed by atoms with E-state index in [-0.39, 0.29) is 17.7 Å². The van der Waals surface area contributed by atoms with Gasteiger partial charge in [-0.3, -0.25) is 9.69 Å². The highest BCUT2D eigenvalue weighted by Gasteiger charge is 2.38. The van der Waals surface area contributed by atoms with Crippen molar-refractivity contribution in [2.45, 2.75) is 18.3 Å². The van der Waals surface area contributed by atoms with Gasteiger partial charge in [0.25, 0.3) is 0 Å². The van der Waals surface area contributed by atoms with E-state index in [1.807, 2.05) is 16.3 Å². The van der Waals surface area contributed by atoms with Crippen LogP contribution >= 0.6 is 11.5 Å². The third kappa shape index (κ3) is 4.36. The van der Waals surface area contributed by atoms with Crippen molar-refractivity contribution in [3.63, 3.8) is 0 Å². The Balaban J connectivity index is 1.46. The average Bonchev–Trinajstić information content (AvgIpc) is 3.32. The lowest BCUT2D eigenvalue weighted by Crippen LogP contribution is -2.40. The van der Waals surface area contributed by atoms with Gasteiger partial charge in [0.15, 0.2) is 0 Å². The number of amides is 1. The van der Waals surface area contributed by atoms with Crippen LogP contribution in [-0.2, 0) is 4.79 Å². The molecule has 0 N–H and O–H groups in total. The zero-order valence-corrected chi connectivity index (χ0v) is 16.6. The summed E-state index contributed by atoms with van der Waals surface area (Å²) < 4.78 is 4.05. The number of benzene rings is 1. The van der Waals surface area contributed by atoms with E-state index in [2.05, 4.69) is 50.7 Å². The van der Waals surface area contributed by atoms with Gasteiger partial charge in [-0.05, 0) is 43.7 Å². The number of hydrogen-bond acceptors (Lipinski definition) is 6. The Morgan fingerprint density at radius 1 is 1.11 bits per heavy atom. The van der Waals surface area contributed by atoms with Gasteiger partial charge in [-0.2, -0.15) is 0 Å². The number of aromatic nitrogens is 2. The van der Waals surface area contributed by atoms with Crippen LogP contribution in [0.25, 0.3) is 0 Å². The maximum absolute atomic E-state index is 13.0. The second-order valence-electron chi connectivity index (χ2n) is 7.69. The Kier molecular flexibility index (Phi) is 5.80. The van der Waals surface area contributed by atoms with Crippen LogP contribution in [0, 0.1) is 0 Å². The van der Waals surface area contributed by atoms with Crippen molar-refractivity contribution in [3.05, 3.63) is 47.0 Å². The lowest BCUT2D eigenvalue weighted by atomic mass is 9.87. The Morgan fingerprint density at radius 2 is 1.93 bits per heavy atom. The molecule has 1 aromatic heterocycles. The number of likely N-dealkylation sites (tertiary alicyclic amines) is 1. The predicted molar refractivity (Wildman–Crippen MR) is 107 cm³/mol. The Labute approximate surface area is 164 Å². The molecule has 2 aromatic rings. The highest BCUT2D eigenvalue weighted by molar-refractivity contribution is 7.03. The summed E-state index contributed by atoms with van der Waals surface area (Å²) in [7, 11) is 2.16. The van der Waals surface area contributed by atoms with E-state index in [1.54, 1.807) is 0 Å². The first kappa shape index (κ1) is 18.5. The van der Waals surface area contributed by atoms with Crippen LogP contribution in [0.15, 0.2) is 35.7 Å². The van der Waals surface area contributed by atoms with E-state index in [1.165, 1.54) is 17.1 Å². The van der Waals surface area contributed by atoms with Gasteiger partial charge in [0.05, 0.1) is 12.2 Å². The zero-order chi connectivity index (χ0) is 18.6. The van der Waals surface area contributed by atoms with Gasteiger partial charge in [-0.1, -0.05) is 34.8 Å². The zero-order valence-electron chi connectivity index (χ0n) is 15.8. The van der Waals surface area contributed by atoms with E-state index in [0.717, 1.165) is 51.4 Å². The number of rotatable bonds is 4. The maximum atomic E-state index is 13.0. The molecule has 3 heterocycles. The molecule has 2 aliphatic rings. The number of nitrogens with zero attached hydrogens (tertiary/aromatic N) is 5. The molecule has 2 fully saturated rings. The summed E-state index contributed by atoms with van der Waals surface area (Å²) in [6, 6.07) is 10.5. The minimum Gasteiger partial charge on any atom is -0.340 e. The van der Waals surface area contributed by atoms with Crippen LogP contribution in [0.1, 0.15) is 29.5 Å². The van der Waals surface area contributed by atoms with Gasteiger partial charge in [0, 0.05) is 43.4 Å². The van der Waals surface area contributed by atoms with Gasteiger partial charge in [-0.25, -0.2) is 0 Å². The van der Waals surface area contributed by atoms with Crippen LogP contribution < -0.4 is 0 Å². The van der Waals surface area contributed by atoms with Crippen molar-refractivity contribution in [1.82, 2.24) is 24.3 Å². The van der Waals surface area contributed by atoms with E-state index >= 15 is 0 Å². The molecule has 2 aliphatic heterocycles. The number of hydrogen-bond donors (Lipinski definition) is 0. The molecule has 27 heavy (non-hydrogen) atoms. The van der Waals surface area contributed by atoms with Crippen molar-refractivity contribution >= 4 is 17.4 Å².